The molecule has 0 aliphatic rings. The molecule has 0 atom stereocenters. The molecule has 0 bridgehead atoms. The van der Waals surface area contributed by atoms with Crippen molar-refractivity contribution in [2.24, 2.45) is 0 Å². The fraction of sp³-hybridized carbons (Fsp3) is 0.500. The SMILES string of the molecule is CCCN(CCC)c1cc(Nc2ccccc2OC(C)C)nc(C)n1. The molecule has 1 heterocycles. The number of anilines is 3. The van der Waals surface area contributed by atoms with Crippen LogP contribution in [0.3, 0.4) is 0 Å². The van der Waals surface area contributed by atoms with Gasteiger partial charge < -0.3 is 15.0 Å². The van der Waals surface area contributed by atoms with E-state index >= 15 is 0 Å². The van der Waals surface area contributed by atoms with Gasteiger partial charge in [0.25, 0.3) is 0 Å². The van der Waals surface area contributed by atoms with Crippen LogP contribution in [-0.4, -0.2) is 29.2 Å². The molecule has 25 heavy (non-hydrogen) atoms. The van der Waals surface area contributed by atoms with E-state index in [0.29, 0.717) is 0 Å². The fourth-order valence-corrected chi connectivity index (χ4v) is 2.72. The molecule has 5 heteroatoms. The van der Waals surface area contributed by atoms with E-state index in [-0.39, 0.29) is 6.10 Å². The Labute approximate surface area is 151 Å². The Hall–Kier alpha value is -2.30. The Bertz CT molecular complexity index is 666. The topological polar surface area (TPSA) is 50.3 Å². The summed E-state index contributed by atoms with van der Waals surface area (Å²) in [6.45, 7) is 12.4. The summed E-state index contributed by atoms with van der Waals surface area (Å²) in [5, 5.41) is 3.40. The molecule has 1 aromatic carbocycles. The number of benzene rings is 1. The van der Waals surface area contributed by atoms with Crippen molar-refractivity contribution in [3.63, 3.8) is 0 Å². The smallest absolute Gasteiger partial charge is 0.143 e. The van der Waals surface area contributed by atoms with Crippen LogP contribution in [0.2, 0.25) is 0 Å². The Morgan fingerprint density at radius 3 is 2.40 bits per heavy atom. The van der Waals surface area contributed by atoms with Crippen molar-refractivity contribution in [1.29, 1.82) is 0 Å². The summed E-state index contributed by atoms with van der Waals surface area (Å²) in [4.78, 5) is 11.5. The highest BCUT2D eigenvalue weighted by atomic mass is 16.5. The van der Waals surface area contributed by atoms with Gasteiger partial charge in [-0.2, -0.15) is 0 Å². The van der Waals surface area contributed by atoms with Crippen molar-refractivity contribution in [3.8, 4) is 5.75 Å². The number of rotatable bonds is 9. The summed E-state index contributed by atoms with van der Waals surface area (Å²) in [6, 6.07) is 9.96. The summed E-state index contributed by atoms with van der Waals surface area (Å²) in [6.07, 6.45) is 2.31. The number of nitrogens with zero attached hydrogens (tertiary/aromatic N) is 3. The van der Waals surface area contributed by atoms with Crippen molar-refractivity contribution in [3.05, 3.63) is 36.2 Å². The Balaban J connectivity index is 2.28. The van der Waals surface area contributed by atoms with Gasteiger partial charge in [-0.3, -0.25) is 0 Å². The molecule has 0 fully saturated rings. The molecule has 2 aromatic rings. The van der Waals surface area contributed by atoms with E-state index in [9.17, 15) is 0 Å². The van der Waals surface area contributed by atoms with Crippen LogP contribution in [0, 0.1) is 6.92 Å². The normalized spacial score (nSPS) is 10.8. The van der Waals surface area contributed by atoms with Crippen molar-refractivity contribution >= 4 is 17.3 Å². The minimum absolute atomic E-state index is 0.121. The van der Waals surface area contributed by atoms with Gasteiger partial charge >= 0.3 is 0 Å². The first-order valence-corrected chi connectivity index (χ1v) is 9.16. The average Bonchev–Trinajstić information content (AvgIpc) is 2.55. The first-order chi connectivity index (χ1) is 12.0. The van der Waals surface area contributed by atoms with Gasteiger partial charge in [0, 0.05) is 19.2 Å². The summed E-state index contributed by atoms with van der Waals surface area (Å²) in [5.74, 6) is 3.36. The molecule has 0 radical (unpaired) electrons. The van der Waals surface area contributed by atoms with Gasteiger partial charge in [-0.1, -0.05) is 26.0 Å². The summed E-state index contributed by atoms with van der Waals surface area (Å²) in [7, 11) is 0. The van der Waals surface area contributed by atoms with Gasteiger partial charge in [0.05, 0.1) is 11.8 Å². The molecule has 1 N–H and O–H groups in total. The van der Waals surface area contributed by atoms with Crippen molar-refractivity contribution in [2.45, 2.75) is 53.6 Å². The number of hydrogen-bond donors (Lipinski definition) is 1. The van der Waals surface area contributed by atoms with Crippen LogP contribution in [0.4, 0.5) is 17.3 Å². The predicted octanol–water partition coefficient (Wildman–Crippen LogP) is 4.94. The standard InChI is InChI=1S/C20H30N4O/c1-6-12-24(13-7-2)20-14-19(21-16(5)22-20)23-17-10-8-9-11-18(17)25-15(3)4/h8-11,14-15H,6-7,12-13H2,1-5H3,(H,21,22,23). The molecule has 0 spiro atoms. The minimum atomic E-state index is 0.121. The van der Waals surface area contributed by atoms with Crippen LogP contribution in [0.25, 0.3) is 0 Å². The van der Waals surface area contributed by atoms with E-state index < -0.39 is 0 Å². The Morgan fingerprint density at radius 2 is 1.76 bits per heavy atom. The average molecular weight is 342 g/mol. The maximum atomic E-state index is 5.89. The quantitative estimate of drug-likeness (QED) is 0.699. The third-order valence-corrected chi connectivity index (χ3v) is 3.65. The maximum absolute atomic E-state index is 5.89. The predicted molar refractivity (Wildman–Crippen MR) is 105 cm³/mol. The largest absolute Gasteiger partial charge is 0.489 e. The monoisotopic (exact) mass is 342 g/mol. The lowest BCUT2D eigenvalue weighted by Gasteiger charge is -2.23. The zero-order valence-corrected chi connectivity index (χ0v) is 16.0. The molecular weight excluding hydrogens is 312 g/mol. The summed E-state index contributed by atoms with van der Waals surface area (Å²) in [5.41, 5.74) is 0.915. The van der Waals surface area contributed by atoms with Crippen molar-refractivity contribution in [1.82, 2.24) is 9.97 Å². The molecule has 136 valence electrons. The molecule has 2 rings (SSSR count). The lowest BCUT2D eigenvalue weighted by Crippen LogP contribution is -2.26. The van der Waals surface area contributed by atoms with Gasteiger partial charge in [-0.15, -0.1) is 0 Å². The molecule has 0 saturated heterocycles. The number of para-hydroxylation sites is 2. The third-order valence-electron chi connectivity index (χ3n) is 3.65. The van der Waals surface area contributed by atoms with Crippen LogP contribution in [0.15, 0.2) is 30.3 Å². The van der Waals surface area contributed by atoms with E-state index in [1.807, 2.05) is 51.1 Å². The maximum Gasteiger partial charge on any atom is 0.143 e. The van der Waals surface area contributed by atoms with Gasteiger partial charge in [-0.25, -0.2) is 9.97 Å². The molecule has 0 amide bonds. The molecule has 1 aromatic heterocycles. The second-order valence-corrected chi connectivity index (χ2v) is 6.43. The second-order valence-electron chi connectivity index (χ2n) is 6.43. The van der Waals surface area contributed by atoms with E-state index in [0.717, 1.165) is 54.8 Å². The zero-order valence-electron chi connectivity index (χ0n) is 16.0. The van der Waals surface area contributed by atoms with Crippen LogP contribution < -0.4 is 15.0 Å². The molecule has 5 nitrogen and oxygen atoms in total. The Morgan fingerprint density at radius 1 is 1.08 bits per heavy atom. The van der Waals surface area contributed by atoms with E-state index in [1.165, 1.54) is 0 Å². The highest BCUT2D eigenvalue weighted by molar-refractivity contribution is 5.65. The van der Waals surface area contributed by atoms with E-state index in [1.54, 1.807) is 0 Å². The van der Waals surface area contributed by atoms with Crippen LogP contribution in [0.5, 0.6) is 5.75 Å². The van der Waals surface area contributed by atoms with Crippen LogP contribution >= 0.6 is 0 Å². The van der Waals surface area contributed by atoms with Crippen molar-refractivity contribution in [2.75, 3.05) is 23.3 Å². The lowest BCUT2D eigenvalue weighted by molar-refractivity contribution is 0.244. The van der Waals surface area contributed by atoms with Gasteiger partial charge in [-0.05, 0) is 45.7 Å². The summed E-state index contributed by atoms with van der Waals surface area (Å²) >= 11 is 0. The first kappa shape index (κ1) is 19.0. The van der Waals surface area contributed by atoms with Gasteiger partial charge in [0.1, 0.15) is 23.2 Å². The number of aromatic nitrogens is 2. The number of nitrogens with one attached hydrogen (secondary N) is 1. The minimum Gasteiger partial charge on any atom is -0.489 e. The fourth-order valence-electron chi connectivity index (χ4n) is 2.72. The first-order valence-electron chi connectivity index (χ1n) is 9.16. The van der Waals surface area contributed by atoms with E-state index in [4.69, 9.17) is 4.74 Å². The highest BCUT2D eigenvalue weighted by Crippen LogP contribution is 2.28. The van der Waals surface area contributed by atoms with Gasteiger partial charge in [0.2, 0.25) is 0 Å². The third kappa shape index (κ3) is 5.62. The zero-order chi connectivity index (χ0) is 18.2. The molecular formula is C20H30N4O. The highest BCUT2D eigenvalue weighted by Gasteiger charge is 2.11. The van der Waals surface area contributed by atoms with E-state index in [2.05, 4.69) is 34.0 Å². The number of ether oxygens (including phenoxy) is 1. The second kappa shape index (κ2) is 9.25. The van der Waals surface area contributed by atoms with Crippen LogP contribution in [-0.2, 0) is 0 Å². The van der Waals surface area contributed by atoms with Gasteiger partial charge in [0.15, 0.2) is 0 Å². The number of aryl methyl sites for hydroxylation is 1. The molecule has 0 saturated carbocycles. The molecule has 0 unspecified atom stereocenters. The van der Waals surface area contributed by atoms with Crippen molar-refractivity contribution < 1.29 is 4.74 Å². The van der Waals surface area contributed by atoms with Crippen LogP contribution in [0.1, 0.15) is 46.4 Å². The molecule has 0 aliphatic heterocycles. The lowest BCUT2D eigenvalue weighted by atomic mass is 10.2. The molecule has 0 aliphatic carbocycles. The Kier molecular flexibility index (Phi) is 7.04. The number of hydrogen-bond acceptors (Lipinski definition) is 5. The summed E-state index contributed by atoms with van der Waals surface area (Å²) < 4.78 is 5.89.